The van der Waals surface area contributed by atoms with Gasteiger partial charge in [-0.15, -0.1) is 0 Å². The fraction of sp³-hybridized carbons (Fsp3) is 0.500. The van der Waals surface area contributed by atoms with Crippen molar-refractivity contribution in [3.05, 3.63) is 29.3 Å². The first-order chi connectivity index (χ1) is 11.0. The highest BCUT2D eigenvalue weighted by Crippen LogP contribution is 2.29. The largest absolute Gasteiger partial charge is 0.339 e. The van der Waals surface area contributed by atoms with Crippen LogP contribution in [0.15, 0.2) is 18.2 Å². The number of alkyl halides is 3. The van der Waals surface area contributed by atoms with Crippen molar-refractivity contribution in [2.24, 2.45) is 5.92 Å². The van der Waals surface area contributed by atoms with Gasteiger partial charge in [-0.3, -0.25) is 4.79 Å². The minimum Gasteiger partial charge on any atom is -0.339 e. The van der Waals surface area contributed by atoms with Crippen molar-refractivity contribution in [3.8, 4) is 0 Å². The molecule has 0 spiro atoms. The predicted molar refractivity (Wildman–Crippen MR) is 107 cm³/mol. The molecule has 0 fully saturated rings. The number of benzene rings is 1. The standard InChI is InChI=1S/C16H22Cl3N3OS/c1-9(2)7-13(23)21-14(16(17,18)19)22-15(24)20-12-8-10(3)5-6-11(12)4/h5-6,8-9,14H,7H2,1-4H3,(H,21,23)(H2,20,22,24)/t14-/m1/s1. The smallest absolute Gasteiger partial charge is 0.228 e. The Morgan fingerprint density at radius 2 is 1.83 bits per heavy atom. The van der Waals surface area contributed by atoms with Gasteiger partial charge in [-0.05, 0) is 49.2 Å². The van der Waals surface area contributed by atoms with Crippen LogP contribution >= 0.6 is 47.0 Å². The van der Waals surface area contributed by atoms with Crippen molar-refractivity contribution in [3.63, 3.8) is 0 Å². The molecule has 0 aromatic heterocycles. The van der Waals surface area contributed by atoms with Gasteiger partial charge in [0.25, 0.3) is 0 Å². The SMILES string of the molecule is Cc1ccc(C)c(NC(=S)N[C@@H](NC(=O)CC(C)C)C(Cl)(Cl)Cl)c1. The minimum atomic E-state index is -1.75. The van der Waals surface area contributed by atoms with E-state index in [0.29, 0.717) is 6.42 Å². The average molecular weight is 411 g/mol. The third kappa shape index (κ3) is 7.43. The van der Waals surface area contributed by atoms with Crippen LogP contribution in [-0.2, 0) is 4.79 Å². The summed E-state index contributed by atoms with van der Waals surface area (Å²) in [6.07, 6.45) is -0.616. The van der Waals surface area contributed by atoms with Gasteiger partial charge in [-0.2, -0.15) is 0 Å². The zero-order chi connectivity index (χ0) is 18.5. The topological polar surface area (TPSA) is 53.2 Å². The number of amides is 1. The Kier molecular flexibility index (Phi) is 8.06. The number of halogens is 3. The number of rotatable bonds is 5. The highest BCUT2D eigenvalue weighted by atomic mass is 35.6. The lowest BCUT2D eigenvalue weighted by Crippen LogP contribution is -2.56. The molecule has 0 aliphatic carbocycles. The van der Waals surface area contributed by atoms with Crippen molar-refractivity contribution < 1.29 is 4.79 Å². The van der Waals surface area contributed by atoms with Crippen LogP contribution in [0.2, 0.25) is 0 Å². The van der Waals surface area contributed by atoms with E-state index in [4.69, 9.17) is 47.0 Å². The fourth-order valence-electron chi connectivity index (χ4n) is 1.95. The molecule has 8 heteroatoms. The third-order valence-corrected chi connectivity index (χ3v) is 4.02. The number of carbonyl (C=O) groups excluding carboxylic acids is 1. The van der Waals surface area contributed by atoms with Gasteiger partial charge in [0.05, 0.1) is 0 Å². The Morgan fingerprint density at radius 1 is 1.21 bits per heavy atom. The maximum Gasteiger partial charge on any atom is 0.228 e. The first kappa shape index (κ1) is 21.3. The number of anilines is 1. The van der Waals surface area contributed by atoms with Gasteiger partial charge < -0.3 is 16.0 Å². The van der Waals surface area contributed by atoms with Crippen LogP contribution in [0.4, 0.5) is 5.69 Å². The Labute approximate surface area is 163 Å². The summed E-state index contributed by atoms with van der Waals surface area (Å²) in [6, 6.07) is 5.95. The molecule has 1 aromatic rings. The van der Waals surface area contributed by atoms with E-state index in [2.05, 4.69) is 16.0 Å². The Morgan fingerprint density at radius 3 is 2.38 bits per heavy atom. The number of carbonyl (C=O) groups is 1. The average Bonchev–Trinajstić information content (AvgIpc) is 2.40. The van der Waals surface area contributed by atoms with Gasteiger partial charge in [0.15, 0.2) is 5.11 Å². The summed E-state index contributed by atoms with van der Waals surface area (Å²) in [4.78, 5) is 12.0. The second-order valence-electron chi connectivity index (χ2n) is 6.06. The van der Waals surface area contributed by atoms with E-state index in [-0.39, 0.29) is 16.9 Å². The highest BCUT2D eigenvalue weighted by Gasteiger charge is 2.34. The van der Waals surface area contributed by atoms with E-state index in [1.807, 2.05) is 45.9 Å². The predicted octanol–water partition coefficient (Wildman–Crippen LogP) is 4.45. The molecule has 134 valence electrons. The number of thiocarbonyl (C=S) groups is 1. The fourth-order valence-corrected chi connectivity index (χ4v) is 2.51. The first-order valence-corrected chi connectivity index (χ1v) is 9.04. The highest BCUT2D eigenvalue weighted by molar-refractivity contribution is 7.80. The van der Waals surface area contributed by atoms with Crippen LogP contribution in [-0.4, -0.2) is 21.0 Å². The van der Waals surface area contributed by atoms with E-state index in [0.717, 1.165) is 16.8 Å². The Balaban J connectivity index is 2.77. The van der Waals surface area contributed by atoms with E-state index in [9.17, 15) is 4.79 Å². The van der Waals surface area contributed by atoms with Crippen molar-refractivity contribution >= 4 is 63.7 Å². The maximum absolute atomic E-state index is 12.0. The monoisotopic (exact) mass is 409 g/mol. The van der Waals surface area contributed by atoms with Crippen molar-refractivity contribution in [2.75, 3.05) is 5.32 Å². The van der Waals surface area contributed by atoms with Gasteiger partial charge in [0.2, 0.25) is 9.70 Å². The summed E-state index contributed by atoms with van der Waals surface area (Å²) < 4.78 is -1.75. The molecule has 1 amide bonds. The van der Waals surface area contributed by atoms with Crippen molar-refractivity contribution in [1.29, 1.82) is 0 Å². The summed E-state index contributed by atoms with van der Waals surface area (Å²) in [5.41, 5.74) is 2.97. The van der Waals surface area contributed by atoms with Crippen molar-refractivity contribution in [1.82, 2.24) is 10.6 Å². The first-order valence-electron chi connectivity index (χ1n) is 7.50. The molecule has 0 saturated heterocycles. The molecule has 1 atom stereocenters. The zero-order valence-electron chi connectivity index (χ0n) is 14.0. The molecule has 0 aliphatic heterocycles. The maximum atomic E-state index is 12.0. The molecule has 0 unspecified atom stereocenters. The van der Waals surface area contributed by atoms with Gasteiger partial charge >= 0.3 is 0 Å². The quantitative estimate of drug-likeness (QED) is 0.381. The summed E-state index contributed by atoms with van der Waals surface area (Å²) in [5.74, 6) is -0.0237. The molecule has 0 bridgehead atoms. The van der Waals surface area contributed by atoms with E-state index < -0.39 is 9.96 Å². The van der Waals surface area contributed by atoms with Gasteiger partial charge in [0.1, 0.15) is 6.17 Å². The van der Waals surface area contributed by atoms with Crippen LogP contribution in [0.25, 0.3) is 0 Å². The Bertz CT molecular complexity index is 603. The number of aryl methyl sites for hydroxylation is 2. The van der Waals surface area contributed by atoms with Crippen LogP contribution < -0.4 is 16.0 Å². The number of hydrogen-bond acceptors (Lipinski definition) is 2. The normalized spacial score (nSPS) is 12.7. The van der Waals surface area contributed by atoms with Crippen LogP contribution in [0.5, 0.6) is 0 Å². The summed E-state index contributed by atoms with van der Waals surface area (Å²) in [6.45, 7) is 7.81. The molecular weight excluding hydrogens is 389 g/mol. The van der Waals surface area contributed by atoms with E-state index >= 15 is 0 Å². The second-order valence-corrected chi connectivity index (χ2v) is 8.83. The lowest BCUT2D eigenvalue weighted by molar-refractivity contribution is -0.122. The molecule has 4 nitrogen and oxygen atoms in total. The molecule has 0 radical (unpaired) electrons. The molecule has 1 aromatic carbocycles. The summed E-state index contributed by atoms with van der Waals surface area (Å²) >= 11 is 23.1. The van der Waals surface area contributed by atoms with Crippen LogP contribution in [0.1, 0.15) is 31.4 Å². The van der Waals surface area contributed by atoms with Crippen LogP contribution in [0.3, 0.4) is 0 Å². The third-order valence-electron chi connectivity index (χ3n) is 3.14. The molecule has 3 N–H and O–H groups in total. The molecule has 1 rings (SSSR count). The number of hydrogen-bond donors (Lipinski definition) is 3. The van der Waals surface area contributed by atoms with Gasteiger partial charge in [-0.1, -0.05) is 60.8 Å². The molecule has 24 heavy (non-hydrogen) atoms. The molecule has 0 saturated carbocycles. The molecule has 0 aliphatic rings. The molecule has 0 heterocycles. The summed E-state index contributed by atoms with van der Waals surface area (Å²) in [7, 11) is 0. The van der Waals surface area contributed by atoms with Gasteiger partial charge in [0, 0.05) is 12.1 Å². The lowest BCUT2D eigenvalue weighted by atomic mass is 10.1. The van der Waals surface area contributed by atoms with Gasteiger partial charge in [-0.25, -0.2) is 0 Å². The summed E-state index contributed by atoms with van der Waals surface area (Å²) in [5, 5.41) is 8.82. The van der Waals surface area contributed by atoms with E-state index in [1.54, 1.807) is 0 Å². The Hall–Kier alpha value is -0.750. The molecular formula is C16H22Cl3N3OS. The second kappa shape index (κ2) is 9.09. The van der Waals surface area contributed by atoms with Crippen LogP contribution in [0, 0.1) is 19.8 Å². The number of nitrogens with one attached hydrogen (secondary N) is 3. The minimum absolute atomic E-state index is 0.195. The van der Waals surface area contributed by atoms with Crippen molar-refractivity contribution in [2.45, 2.75) is 44.1 Å². The zero-order valence-corrected chi connectivity index (χ0v) is 17.1. The lowest BCUT2D eigenvalue weighted by Gasteiger charge is -2.28. The van der Waals surface area contributed by atoms with E-state index in [1.165, 1.54) is 0 Å².